The van der Waals surface area contributed by atoms with E-state index in [1.54, 1.807) is 0 Å². The second-order valence-corrected chi connectivity index (χ2v) is 35.5. The molecule has 141 heavy (non-hydrogen) atoms. The molecular weight excluding hydrogens is 1710 g/mol. The minimum absolute atomic E-state index is 0.917. The summed E-state index contributed by atoms with van der Waals surface area (Å²) in [4.78, 5) is 31.5. The summed E-state index contributed by atoms with van der Waals surface area (Å²) in [5.41, 5.74) is 35.7. The summed E-state index contributed by atoms with van der Waals surface area (Å²) in [7, 11) is 0. The molecule has 9 heteroatoms. The van der Waals surface area contributed by atoms with Crippen LogP contribution in [0.25, 0.3) is 250 Å². The Morgan fingerprint density at radius 1 is 0.128 bits per heavy atom. The highest BCUT2D eigenvalue weighted by atomic mass is 15.1. The Morgan fingerprint density at radius 2 is 0.348 bits per heavy atom. The molecule has 0 saturated heterocycles. The molecule has 27 aromatic rings. The summed E-state index contributed by atoms with van der Waals surface area (Å²) in [6.45, 7) is 0. The first-order chi connectivity index (χ1) is 69.9. The largest absolute Gasteiger partial charge is 0.292 e. The summed E-state index contributed by atoms with van der Waals surface area (Å²) >= 11 is 0. The molecule has 0 aliphatic carbocycles. The molecule has 0 spiro atoms. The van der Waals surface area contributed by atoms with Crippen molar-refractivity contribution in [3.8, 4) is 152 Å². The lowest BCUT2D eigenvalue weighted by atomic mass is 9.91. The molecule has 0 aliphatic rings. The maximum atomic E-state index is 5.41. The molecule has 0 N–H and O–H groups in total. The number of hydrogen-bond donors (Lipinski definition) is 0. The van der Waals surface area contributed by atoms with Crippen molar-refractivity contribution in [2.45, 2.75) is 0 Å². The molecule has 660 valence electrons. The highest BCUT2D eigenvalue weighted by molar-refractivity contribution is 6.19. The van der Waals surface area contributed by atoms with Crippen molar-refractivity contribution in [2.75, 3.05) is 0 Å². The zero-order valence-corrected chi connectivity index (χ0v) is 76.8. The van der Waals surface area contributed by atoms with Gasteiger partial charge in [-0.3, -0.25) is 13.7 Å². The first-order valence-corrected chi connectivity index (χ1v) is 47.8. The molecule has 0 saturated carbocycles. The summed E-state index contributed by atoms with van der Waals surface area (Å²) in [5, 5.41) is 10.5. The van der Waals surface area contributed by atoms with E-state index >= 15 is 0 Å². The van der Waals surface area contributed by atoms with Gasteiger partial charge in [0.2, 0.25) is 0 Å². The Bertz CT molecular complexity index is 9320. The number of para-hydroxylation sites is 6. The molecule has 0 amide bonds. The fourth-order valence-corrected chi connectivity index (χ4v) is 20.3. The van der Waals surface area contributed by atoms with Crippen LogP contribution in [0.1, 0.15) is 0 Å². The van der Waals surface area contributed by atoms with Crippen LogP contribution < -0.4 is 0 Å². The Labute approximate surface area is 815 Å². The van der Waals surface area contributed by atoms with Gasteiger partial charge in [-0.2, -0.15) is 0 Å². The van der Waals surface area contributed by atoms with Crippen molar-refractivity contribution in [3.05, 3.63) is 528 Å². The van der Waals surface area contributed by atoms with E-state index in [-0.39, 0.29) is 0 Å². The molecule has 6 aromatic heterocycles. The zero-order valence-electron chi connectivity index (χ0n) is 76.8. The summed E-state index contributed by atoms with van der Waals surface area (Å²) in [5.74, 6) is 2.76. The third kappa shape index (κ3) is 15.8. The van der Waals surface area contributed by atoms with Gasteiger partial charge in [-0.05, 0) is 192 Å². The number of nitrogens with zero attached hydrogens (tertiary/aromatic N) is 9. The molecule has 6 heterocycles. The van der Waals surface area contributed by atoms with Crippen LogP contribution in [0.5, 0.6) is 0 Å². The van der Waals surface area contributed by atoms with Crippen molar-refractivity contribution in [1.82, 2.24) is 43.6 Å². The lowest BCUT2D eigenvalue weighted by molar-refractivity contribution is 1.10. The van der Waals surface area contributed by atoms with Crippen molar-refractivity contribution < 1.29 is 0 Å². The summed E-state index contributed by atoms with van der Waals surface area (Å²) in [6.07, 6.45) is 0. The van der Waals surface area contributed by atoms with Gasteiger partial charge in [0.05, 0.1) is 66.7 Å². The van der Waals surface area contributed by atoms with Crippen molar-refractivity contribution in [2.24, 2.45) is 0 Å². The first-order valence-electron chi connectivity index (χ1n) is 47.8. The van der Waals surface area contributed by atoms with E-state index in [2.05, 4.69) is 505 Å². The Morgan fingerprint density at radius 3 is 0.674 bits per heavy atom. The van der Waals surface area contributed by atoms with Gasteiger partial charge in [0.15, 0.2) is 0 Å². The molecule has 21 aromatic carbocycles. The topological polar surface area (TPSA) is 92.1 Å². The molecular formula is C132H87N9. The van der Waals surface area contributed by atoms with Crippen molar-refractivity contribution in [3.63, 3.8) is 0 Å². The Kier molecular flexibility index (Phi) is 21.8. The fraction of sp³-hybridized carbons (Fsp3) is 0. The van der Waals surface area contributed by atoms with Gasteiger partial charge in [-0.1, -0.05) is 419 Å². The second kappa shape index (κ2) is 36.7. The highest BCUT2D eigenvalue weighted by Crippen LogP contribution is 2.47. The number of aromatic nitrogens is 9. The number of rotatable bonds is 15. The van der Waals surface area contributed by atoms with Crippen LogP contribution in [-0.4, -0.2) is 43.6 Å². The second-order valence-electron chi connectivity index (χ2n) is 35.5. The van der Waals surface area contributed by atoms with Crippen LogP contribution >= 0.6 is 0 Å². The van der Waals surface area contributed by atoms with Gasteiger partial charge < -0.3 is 0 Å². The molecule has 0 radical (unpaired) electrons. The molecule has 0 fully saturated rings. The number of imidazole rings is 3. The molecule has 0 atom stereocenters. The minimum atomic E-state index is 0.917. The molecule has 27 rings (SSSR count). The average molecular weight is 1800 g/mol. The molecule has 0 aliphatic heterocycles. The summed E-state index contributed by atoms with van der Waals surface area (Å²) < 4.78 is 6.73. The van der Waals surface area contributed by atoms with E-state index in [1.807, 2.05) is 36.4 Å². The standard InChI is InChI=1S/3C44H29N3/c1-5-15-30(16-6-1)37-28-39-38(31-17-7-2-8-18-31)29-40(45-43(39)36-24-14-13-23-35(36)37)33-25-26-42-41(27-33)46-44(32-19-9-3-10-20-32)47(42)34-21-11-4-12-22-34;1-4-14-30(15-5-1)37-28-39-38(31-16-6-2-7-17-31)29-41(45-43(39)36-21-11-10-20-35(36)37)32-24-26-33(27-25-32)44-46-40-22-12-13-23-42(40)47(44)34-18-8-3-9-19-34;1-4-14-30(15-5-1)37-28-39-38(31-16-6-2-7-17-31)29-41(45-43(39)36-21-11-10-20-35(36)37)32-24-26-34(27-25-32)47-42-23-13-12-22-40(42)46-44(47)33-18-8-3-9-19-33/h3*1-29H. The van der Waals surface area contributed by atoms with Crippen LogP contribution in [0.4, 0.5) is 0 Å². The van der Waals surface area contributed by atoms with Gasteiger partial charge in [0.1, 0.15) is 17.5 Å². The normalized spacial score (nSPS) is 11.4. The van der Waals surface area contributed by atoms with Crippen LogP contribution in [0.2, 0.25) is 0 Å². The maximum absolute atomic E-state index is 5.41. The lowest BCUT2D eigenvalue weighted by Gasteiger charge is -2.16. The van der Waals surface area contributed by atoms with E-state index in [9.17, 15) is 0 Å². The molecule has 0 bridgehead atoms. The predicted octanol–water partition coefficient (Wildman–Crippen LogP) is 34.2. The van der Waals surface area contributed by atoms with E-state index < -0.39 is 0 Å². The van der Waals surface area contributed by atoms with Gasteiger partial charge in [0, 0.05) is 82.8 Å². The Balaban J connectivity index is 0.000000111. The monoisotopic (exact) mass is 1800 g/mol. The van der Waals surface area contributed by atoms with Crippen molar-refractivity contribution in [1.29, 1.82) is 0 Å². The van der Waals surface area contributed by atoms with Crippen LogP contribution in [0, 0.1) is 0 Å². The third-order valence-corrected chi connectivity index (χ3v) is 27.0. The van der Waals surface area contributed by atoms with Gasteiger partial charge in [-0.25, -0.2) is 29.9 Å². The maximum Gasteiger partial charge on any atom is 0.145 e. The van der Waals surface area contributed by atoms with E-state index in [0.717, 1.165) is 178 Å². The van der Waals surface area contributed by atoms with Gasteiger partial charge in [0.25, 0.3) is 0 Å². The molecule has 9 nitrogen and oxygen atoms in total. The minimum Gasteiger partial charge on any atom is -0.292 e. The van der Waals surface area contributed by atoms with E-state index in [1.165, 1.54) is 71.8 Å². The number of fused-ring (bicyclic) bond motifs is 12. The SMILES string of the molecule is c1ccc(-c2cc3c(-c4ccccc4)cc(-c4ccc(-c5nc6ccccc6n5-c5ccccc5)cc4)nc3c3ccccc23)cc1.c1ccc(-c2cc3c(-c4ccccc4)cc(-c4ccc(-n5c(-c6ccccc6)nc6ccccc65)cc4)nc3c3ccccc23)cc1.c1ccc(-c2cc3c(-c4ccccc4)cc(-c4ccc5c(c4)nc(-c4ccccc4)n5-c4ccccc4)nc3c3ccccc23)cc1. The third-order valence-electron chi connectivity index (χ3n) is 27.0. The Hall–Kier alpha value is -19.0. The van der Waals surface area contributed by atoms with E-state index in [0.29, 0.717) is 0 Å². The highest BCUT2D eigenvalue weighted by Gasteiger charge is 2.25. The quantitative estimate of drug-likeness (QED) is 0.0950. The average Bonchev–Trinajstić information content (AvgIpc) is 1.73. The molecule has 0 unspecified atom stereocenters. The van der Waals surface area contributed by atoms with Crippen LogP contribution in [0.3, 0.4) is 0 Å². The zero-order chi connectivity index (χ0) is 93.5. The predicted molar refractivity (Wildman–Crippen MR) is 587 cm³/mol. The number of pyridine rings is 3. The lowest BCUT2D eigenvalue weighted by Crippen LogP contribution is -1.98. The van der Waals surface area contributed by atoms with Crippen molar-refractivity contribution >= 4 is 98.1 Å². The van der Waals surface area contributed by atoms with E-state index in [4.69, 9.17) is 29.9 Å². The van der Waals surface area contributed by atoms with Gasteiger partial charge >= 0.3 is 0 Å². The summed E-state index contributed by atoms with van der Waals surface area (Å²) in [6, 6.07) is 186. The first kappa shape index (κ1) is 83.8. The number of benzene rings is 21. The fourth-order valence-electron chi connectivity index (χ4n) is 20.3. The number of hydrogen-bond acceptors (Lipinski definition) is 6. The van der Waals surface area contributed by atoms with Gasteiger partial charge in [-0.15, -0.1) is 0 Å². The smallest absolute Gasteiger partial charge is 0.145 e. The van der Waals surface area contributed by atoms with Crippen LogP contribution in [0.15, 0.2) is 528 Å². The van der Waals surface area contributed by atoms with Crippen LogP contribution in [-0.2, 0) is 0 Å².